The van der Waals surface area contributed by atoms with E-state index in [9.17, 15) is 9.59 Å². The predicted octanol–water partition coefficient (Wildman–Crippen LogP) is 3.31. The van der Waals surface area contributed by atoms with Crippen LogP contribution in [0, 0.1) is 17.8 Å². The van der Waals surface area contributed by atoms with Gasteiger partial charge in [-0.2, -0.15) is 0 Å². The molecule has 0 radical (unpaired) electrons. The minimum absolute atomic E-state index is 0.0110. The van der Waals surface area contributed by atoms with E-state index in [0.717, 1.165) is 24.9 Å². The van der Waals surface area contributed by atoms with Crippen molar-refractivity contribution in [3.63, 3.8) is 0 Å². The molecule has 4 atom stereocenters. The number of carbonyl (C=O) groups excluding carboxylic acids is 2. The molecule has 2 aromatic rings. The third kappa shape index (κ3) is 3.19. The molecular weight excluding hydrogens is 334 g/mol. The maximum absolute atomic E-state index is 12.6. The van der Waals surface area contributed by atoms with Gasteiger partial charge in [-0.3, -0.25) is 9.59 Å². The summed E-state index contributed by atoms with van der Waals surface area (Å²) in [4.78, 5) is 25.3. The van der Waals surface area contributed by atoms with Crippen LogP contribution in [0.25, 0.3) is 0 Å². The lowest BCUT2D eigenvalue weighted by Gasteiger charge is -2.27. The van der Waals surface area contributed by atoms with Crippen LogP contribution in [-0.2, 0) is 4.79 Å². The number of hydrogen-bond donors (Lipinski definition) is 3. The highest BCUT2D eigenvalue weighted by atomic mass is 32.1. The molecule has 1 aromatic carbocycles. The fraction of sp³-hybridized carbons (Fsp3) is 0.368. The molecule has 0 saturated heterocycles. The molecule has 130 valence electrons. The SMILES string of the molecule is NC1C2CCC(C2)C1C(=O)Nc1ccc(NC(=O)c2cccs2)cc1. The van der Waals surface area contributed by atoms with E-state index in [4.69, 9.17) is 5.73 Å². The van der Waals surface area contributed by atoms with Crippen molar-refractivity contribution in [2.75, 3.05) is 10.6 Å². The van der Waals surface area contributed by atoms with E-state index in [-0.39, 0.29) is 23.8 Å². The van der Waals surface area contributed by atoms with Crippen LogP contribution in [0.5, 0.6) is 0 Å². The van der Waals surface area contributed by atoms with Crippen molar-refractivity contribution in [1.29, 1.82) is 0 Å². The van der Waals surface area contributed by atoms with Crippen molar-refractivity contribution in [2.45, 2.75) is 25.3 Å². The predicted molar refractivity (Wildman–Crippen MR) is 99.6 cm³/mol. The molecule has 5 nitrogen and oxygen atoms in total. The lowest BCUT2D eigenvalue weighted by Crippen LogP contribution is -2.42. The number of fused-ring (bicyclic) bond motifs is 2. The summed E-state index contributed by atoms with van der Waals surface area (Å²) in [7, 11) is 0. The second-order valence-electron chi connectivity index (χ2n) is 6.93. The average Bonchev–Trinajstić information content (AvgIpc) is 3.33. The Balaban J connectivity index is 1.37. The topological polar surface area (TPSA) is 84.2 Å². The van der Waals surface area contributed by atoms with Crippen LogP contribution in [0.2, 0.25) is 0 Å². The third-order valence-corrected chi connectivity index (χ3v) is 6.31. The Morgan fingerprint density at radius 3 is 2.28 bits per heavy atom. The van der Waals surface area contributed by atoms with Crippen molar-refractivity contribution in [3.8, 4) is 0 Å². The summed E-state index contributed by atoms with van der Waals surface area (Å²) in [6.07, 6.45) is 3.37. The van der Waals surface area contributed by atoms with Crippen molar-refractivity contribution in [2.24, 2.45) is 23.5 Å². The van der Waals surface area contributed by atoms with Crippen LogP contribution in [0.4, 0.5) is 11.4 Å². The summed E-state index contributed by atoms with van der Waals surface area (Å²) in [6, 6.07) is 10.8. The first-order valence-corrected chi connectivity index (χ1v) is 9.51. The molecule has 25 heavy (non-hydrogen) atoms. The average molecular weight is 355 g/mol. The Labute approximate surface area is 150 Å². The Bertz CT molecular complexity index is 770. The highest BCUT2D eigenvalue weighted by Gasteiger charge is 2.49. The molecule has 4 rings (SSSR count). The molecule has 4 unspecified atom stereocenters. The lowest BCUT2D eigenvalue weighted by molar-refractivity contribution is -0.121. The molecule has 6 heteroatoms. The summed E-state index contributed by atoms with van der Waals surface area (Å²) in [6.45, 7) is 0. The van der Waals surface area contributed by atoms with E-state index < -0.39 is 0 Å². The number of carbonyl (C=O) groups is 2. The van der Waals surface area contributed by atoms with Crippen LogP contribution in [0.3, 0.4) is 0 Å². The molecule has 2 aliphatic rings. The molecule has 0 spiro atoms. The number of anilines is 2. The molecule has 2 amide bonds. The first kappa shape index (κ1) is 16.3. The van der Waals surface area contributed by atoms with Crippen LogP contribution < -0.4 is 16.4 Å². The van der Waals surface area contributed by atoms with Crippen molar-refractivity contribution in [3.05, 3.63) is 46.7 Å². The molecule has 0 aliphatic heterocycles. The highest BCUT2D eigenvalue weighted by molar-refractivity contribution is 7.12. The number of rotatable bonds is 4. The zero-order chi connectivity index (χ0) is 17.4. The van der Waals surface area contributed by atoms with Crippen molar-refractivity contribution >= 4 is 34.5 Å². The third-order valence-electron chi connectivity index (χ3n) is 5.44. The maximum Gasteiger partial charge on any atom is 0.265 e. The minimum Gasteiger partial charge on any atom is -0.327 e. The lowest BCUT2D eigenvalue weighted by atomic mass is 9.84. The summed E-state index contributed by atoms with van der Waals surface area (Å²) in [5, 5.41) is 7.69. The largest absolute Gasteiger partial charge is 0.327 e. The van der Waals surface area contributed by atoms with Gasteiger partial charge in [-0.05, 0) is 66.8 Å². The van der Waals surface area contributed by atoms with Gasteiger partial charge in [0, 0.05) is 17.4 Å². The molecule has 4 N–H and O–H groups in total. The van der Waals surface area contributed by atoms with Gasteiger partial charge in [-0.1, -0.05) is 6.07 Å². The number of thiophene rings is 1. The van der Waals surface area contributed by atoms with Crippen LogP contribution in [0.15, 0.2) is 41.8 Å². The monoisotopic (exact) mass is 355 g/mol. The van der Waals surface area contributed by atoms with Gasteiger partial charge in [0.2, 0.25) is 5.91 Å². The zero-order valence-corrected chi connectivity index (χ0v) is 14.6. The van der Waals surface area contributed by atoms with Gasteiger partial charge in [-0.25, -0.2) is 0 Å². The first-order valence-electron chi connectivity index (χ1n) is 8.63. The van der Waals surface area contributed by atoms with Gasteiger partial charge in [-0.15, -0.1) is 11.3 Å². The summed E-state index contributed by atoms with van der Waals surface area (Å²) < 4.78 is 0. The Morgan fingerprint density at radius 1 is 1.00 bits per heavy atom. The van der Waals surface area contributed by atoms with Crippen LogP contribution in [-0.4, -0.2) is 17.9 Å². The number of hydrogen-bond acceptors (Lipinski definition) is 4. The quantitative estimate of drug-likeness (QED) is 0.787. The Hall–Kier alpha value is -2.18. The molecule has 1 aromatic heterocycles. The van der Waals surface area contributed by atoms with Gasteiger partial charge in [0.15, 0.2) is 0 Å². The number of nitrogens with one attached hydrogen (secondary N) is 2. The van der Waals surface area contributed by atoms with Crippen LogP contribution in [0.1, 0.15) is 28.9 Å². The Morgan fingerprint density at radius 2 is 1.68 bits per heavy atom. The fourth-order valence-electron chi connectivity index (χ4n) is 4.19. The smallest absolute Gasteiger partial charge is 0.265 e. The van der Waals surface area contributed by atoms with Gasteiger partial charge < -0.3 is 16.4 Å². The van der Waals surface area contributed by atoms with E-state index in [2.05, 4.69) is 10.6 Å². The van der Waals surface area contributed by atoms with E-state index in [1.54, 1.807) is 30.3 Å². The minimum atomic E-state index is -0.125. The van der Waals surface area contributed by atoms with E-state index in [1.165, 1.54) is 11.3 Å². The molecule has 2 aliphatic carbocycles. The molecule has 2 saturated carbocycles. The van der Waals surface area contributed by atoms with E-state index in [0.29, 0.717) is 22.4 Å². The van der Waals surface area contributed by atoms with Gasteiger partial charge >= 0.3 is 0 Å². The maximum atomic E-state index is 12.6. The highest BCUT2D eigenvalue weighted by Crippen LogP contribution is 2.47. The van der Waals surface area contributed by atoms with Crippen molar-refractivity contribution in [1.82, 2.24) is 0 Å². The molecule has 2 bridgehead atoms. The van der Waals surface area contributed by atoms with Crippen LogP contribution >= 0.6 is 11.3 Å². The Kier molecular flexibility index (Phi) is 4.31. The summed E-state index contributed by atoms with van der Waals surface area (Å²) >= 11 is 1.40. The number of nitrogens with two attached hydrogens (primary N) is 1. The number of amides is 2. The number of benzene rings is 1. The fourth-order valence-corrected chi connectivity index (χ4v) is 4.81. The molecule has 2 fully saturated rings. The van der Waals surface area contributed by atoms with E-state index in [1.807, 2.05) is 11.4 Å². The van der Waals surface area contributed by atoms with Gasteiger partial charge in [0.05, 0.1) is 10.8 Å². The first-order chi connectivity index (χ1) is 12.1. The second-order valence-corrected chi connectivity index (χ2v) is 7.88. The van der Waals surface area contributed by atoms with Gasteiger partial charge in [0.25, 0.3) is 5.91 Å². The van der Waals surface area contributed by atoms with Crippen molar-refractivity contribution < 1.29 is 9.59 Å². The normalized spacial score (nSPS) is 27.2. The summed E-state index contributed by atoms with van der Waals surface area (Å²) in [5.74, 6) is 0.770. The van der Waals surface area contributed by atoms with E-state index >= 15 is 0 Å². The summed E-state index contributed by atoms with van der Waals surface area (Å²) in [5.41, 5.74) is 7.67. The molecular formula is C19H21N3O2S. The van der Waals surface area contributed by atoms with Gasteiger partial charge in [0.1, 0.15) is 0 Å². The second kappa shape index (κ2) is 6.61. The zero-order valence-electron chi connectivity index (χ0n) is 13.8. The standard InChI is InChI=1S/C19H21N3O2S/c20-17-12-4-3-11(10-12)16(17)19(24)22-14-7-5-13(6-8-14)21-18(23)15-2-1-9-25-15/h1-2,5-9,11-12,16-17H,3-4,10,20H2,(H,21,23)(H,22,24). The molecule has 1 heterocycles.